The lowest BCUT2D eigenvalue weighted by atomic mass is 10.1. The summed E-state index contributed by atoms with van der Waals surface area (Å²) in [6.07, 6.45) is 0. The molecule has 0 spiro atoms. The van der Waals surface area contributed by atoms with E-state index in [1.807, 2.05) is 40.7 Å². The molecule has 0 aromatic heterocycles. The van der Waals surface area contributed by atoms with Gasteiger partial charge in [0.25, 0.3) is 10.0 Å². The van der Waals surface area contributed by atoms with E-state index in [9.17, 15) is 13.2 Å². The molecule has 1 N–H and O–H groups in total. The summed E-state index contributed by atoms with van der Waals surface area (Å²) in [6, 6.07) is 13.6. The van der Waals surface area contributed by atoms with Crippen LogP contribution in [0, 0.1) is 19.8 Å². The number of nitrogens with zero attached hydrogens (tertiary/aromatic N) is 1. The minimum absolute atomic E-state index is 0.0441. The van der Waals surface area contributed by atoms with E-state index in [4.69, 9.17) is 0 Å². The zero-order valence-corrected chi connectivity index (χ0v) is 17.4. The number of sulfonamides is 1. The number of amides is 1. The predicted molar refractivity (Wildman–Crippen MR) is 109 cm³/mol. The van der Waals surface area contributed by atoms with Crippen molar-refractivity contribution in [3.63, 3.8) is 0 Å². The van der Waals surface area contributed by atoms with Gasteiger partial charge in [0.2, 0.25) is 5.91 Å². The molecule has 1 amide bonds. The lowest BCUT2D eigenvalue weighted by molar-refractivity contribution is -0.120. The molecule has 0 bridgehead atoms. The number of carbonyl (C=O) groups excluding carboxylic acids is 1. The van der Waals surface area contributed by atoms with E-state index >= 15 is 0 Å². The van der Waals surface area contributed by atoms with Crippen molar-refractivity contribution in [2.75, 3.05) is 10.8 Å². The molecule has 2 rings (SSSR count). The van der Waals surface area contributed by atoms with Gasteiger partial charge in [-0.1, -0.05) is 44.2 Å². The quantitative estimate of drug-likeness (QED) is 0.787. The van der Waals surface area contributed by atoms with Gasteiger partial charge in [-0.2, -0.15) is 0 Å². The maximum atomic E-state index is 13.3. The number of benzene rings is 2. The molecule has 6 heteroatoms. The third-order valence-electron chi connectivity index (χ3n) is 4.85. The fourth-order valence-electron chi connectivity index (χ4n) is 2.62. The molecular formula is C21H28N2O3S. The van der Waals surface area contributed by atoms with E-state index in [-0.39, 0.29) is 29.3 Å². The van der Waals surface area contributed by atoms with Gasteiger partial charge in [0.1, 0.15) is 6.54 Å². The predicted octanol–water partition coefficient (Wildman–Crippen LogP) is 3.66. The second kappa shape index (κ2) is 8.57. The van der Waals surface area contributed by atoms with Crippen LogP contribution in [-0.2, 0) is 14.8 Å². The van der Waals surface area contributed by atoms with Crippen molar-refractivity contribution in [3.05, 3.63) is 59.7 Å². The monoisotopic (exact) mass is 388 g/mol. The smallest absolute Gasteiger partial charge is 0.264 e. The van der Waals surface area contributed by atoms with E-state index in [1.165, 1.54) is 4.31 Å². The number of hydrogen-bond donors (Lipinski definition) is 1. The first-order chi connectivity index (χ1) is 12.6. The van der Waals surface area contributed by atoms with Gasteiger partial charge in [0.05, 0.1) is 10.6 Å². The highest BCUT2D eigenvalue weighted by molar-refractivity contribution is 7.92. The molecule has 2 aromatic carbocycles. The van der Waals surface area contributed by atoms with Crippen molar-refractivity contribution < 1.29 is 13.2 Å². The van der Waals surface area contributed by atoms with Gasteiger partial charge in [0, 0.05) is 6.04 Å². The Hall–Kier alpha value is -2.34. The van der Waals surface area contributed by atoms with Gasteiger partial charge in [-0.15, -0.1) is 0 Å². The van der Waals surface area contributed by atoms with Crippen LogP contribution >= 0.6 is 0 Å². The van der Waals surface area contributed by atoms with Crippen molar-refractivity contribution in [3.8, 4) is 0 Å². The Morgan fingerprint density at radius 1 is 1.00 bits per heavy atom. The molecule has 0 aliphatic heterocycles. The number of hydrogen-bond acceptors (Lipinski definition) is 3. The second-order valence-corrected chi connectivity index (χ2v) is 9.01. The highest BCUT2D eigenvalue weighted by Crippen LogP contribution is 2.28. The van der Waals surface area contributed by atoms with Crippen LogP contribution < -0.4 is 9.62 Å². The number of aryl methyl sites for hydroxylation is 1. The fourth-order valence-corrected chi connectivity index (χ4v) is 4.12. The van der Waals surface area contributed by atoms with Crippen molar-refractivity contribution in [2.24, 2.45) is 5.92 Å². The Bertz CT molecular complexity index is 893. The van der Waals surface area contributed by atoms with Gasteiger partial charge in [-0.25, -0.2) is 8.42 Å². The number of nitrogens with one attached hydrogen (secondary N) is 1. The third kappa shape index (κ3) is 4.89. The lowest BCUT2D eigenvalue weighted by Gasteiger charge is -2.27. The number of rotatable bonds is 7. The molecule has 27 heavy (non-hydrogen) atoms. The van der Waals surface area contributed by atoms with Crippen LogP contribution in [0.15, 0.2) is 53.4 Å². The number of carbonyl (C=O) groups is 1. The van der Waals surface area contributed by atoms with Gasteiger partial charge in [-0.3, -0.25) is 9.10 Å². The van der Waals surface area contributed by atoms with Crippen LogP contribution in [0.5, 0.6) is 0 Å². The highest BCUT2D eigenvalue weighted by atomic mass is 32.2. The molecule has 0 aliphatic carbocycles. The van der Waals surface area contributed by atoms with Crippen molar-refractivity contribution in [1.29, 1.82) is 0 Å². The van der Waals surface area contributed by atoms with Crippen molar-refractivity contribution in [1.82, 2.24) is 5.32 Å². The van der Waals surface area contributed by atoms with Crippen molar-refractivity contribution in [2.45, 2.75) is 45.6 Å². The third-order valence-corrected chi connectivity index (χ3v) is 6.63. The molecule has 0 unspecified atom stereocenters. The molecule has 0 saturated carbocycles. The summed E-state index contributed by atoms with van der Waals surface area (Å²) in [5.74, 6) is -0.0644. The maximum absolute atomic E-state index is 13.3. The Kier molecular flexibility index (Phi) is 6.65. The van der Waals surface area contributed by atoms with E-state index in [1.54, 1.807) is 42.5 Å². The van der Waals surface area contributed by atoms with Gasteiger partial charge in [0.15, 0.2) is 0 Å². The van der Waals surface area contributed by atoms with E-state index in [0.29, 0.717) is 5.69 Å². The summed E-state index contributed by atoms with van der Waals surface area (Å²) in [5.41, 5.74) is 2.32. The van der Waals surface area contributed by atoms with E-state index < -0.39 is 10.0 Å². The van der Waals surface area contributed by atoms with Crippen LogP contribution in [-0.4, -0.2) is 26.9 Å². The SMILES string of the molecule is Cc1cccc(N(CC(=O)N[C@@H](C)C(C)C)S(=O)(=O)c2ccccc2)c1C. The summed E-state index contributed by atoms with van der Waals surface area (Å²) < 4.78 is 27.8. The van der Waals surface area contributed by atoms with E-state index in [0.717, 1.165) is 11.1 Å². The van der Waals surface area contributed by atoms with Crippen LogP contribution in [0.4, 0.5) is 5.69 Å². The standard InChI is InChI=1S/C21H28N2O3S/c1-15(2)18(5)22-21(24)14-23(20-13-9-10-16(3)17(20)4)27(25,26)19-11-7-6-8-12-19/h6-13,15,18H,14H2,1-5H3,(H,22,24)/t18-/m0/s1. The summed E-state index contributed by atoms with van der Waals surface area (Å²) in [6.45, 7) is 9.46. The van der Waals surface area contributed by atoms with Crippen LogP contribution in [0.2, 0.25) is 0 Å². The molecule has 0 heterocycles. The molecule has 0 fully saturated rings. The Morgan fingerprint density at radius 2 is 1.63 bits per heavy atom. The Morgan fingerprint density at radius 3 is 2.22 bits per heavy atom. The van der Waals surface area contributed by atoms with Crippen molar-refractivity contribution >= 4 is 21.6 Å². The van der Waals surface area contributed by atoms with Gasteiger partial charge >= 0.3 is 0 Å². The molecule has 0 radical (unpaired) electrons. The summed E-state index contributed by atoms with van der Waals surface area (Å²) in [5, 5.41) is 2.89. The highest BCUT2D eigenvalue weighted by Gasteiger charge is 2.28. The van der Waals surface area contributed by atoms with Crippen LogP contribution in [0.1, 0.15) is 31.9 Å². The normalized spacial score (nSPS) is 12.7. The molecule has 0 aliphatic rings. The Labute approximate surface area is 162 Å². The average molecular weight is 389 g/mol. The molecule has 0 saturated heterocycles. The first kappa shape index (κ1) is 21.0. The molecule has 1 atom stereocenters. The summed E-state index contributed by atoms with van der Waals surface area (Å²) >= 11 is 0. The fraction of sp³-hybridized carbons (Fsp3) is 0.381. The molecular weight excluding hydrogens is 360 g/mol. The second-order valence-electron chi connectivity index (χ2n) is 7.14. The summed E-state index contributed by atoms with van der Waals surface area (Å²) in [4.78, 5) is 12.8. The van der Waals surface area contributed by atoms with Gasteiger partial charge < -0.3 is 5.32 Å². The number of anilines is 1. The zero-order valence-electron chi connectivity index (χ0n) is 16.6. The minimum Gasteiger partial charge on any atom is -0.352 e. The first-order valence-corrected chi connectivity index (χ1v) is 10.5. The molecule has 2 aromatic rings. The molecule has 5 nitrogen and oxygen atoms in total. The minimum atomic E-state index is -3.87. The van der Waals surface area contributed by atoms with E-state index in [2.05, 4.69) is 5.32 Å². The van der Waals surface area contributed by atoms with Gasteiger partial charge in [-0.05, 0) is 56.0 Å². The largest absolute Gasteiger partial charge is 0.352 e. The lowest BCUT2D eigenvalue weighted by Crippen LogP contribution is -2.45. The zero-order chi connectivity index (χ0) is 20.2. The van der Waals surface area contributed by atoms with Crippen LogP contribution in [0.25, 0.3) is 0 Å². The van der Waals surface area contributed by atoms with Crippen LogP contribution in [0.3, 0.4) is 0 Å². The maximum Gasteiger partial charge on any atom is 0.264 e. The average Bonchev–Trinajstić information content (AvgIpc) is 2.63. The Balaban J connectivity index is 2.47. The molecule has 146 valence electrons. The summed E-state index contributed by atoms with van der Waals surface area (Å²) in [7, 11) is -3.87. The topological polar surface area (TPSA) is 66.5 Å². The first-order valence-electron chi connectivity index (χ1n) is 9.08.